The molecule has 2 aromatic carbocycles. The zero-order valence-corrected chi connectivity index (χ0v) is 15.4. The van der Waals surface area contributed by atoms with E-state index >= 15 is 0 Å². The lowest BCUT2D eigenvalue weighted by Crippen LogP contribution is -2.46. The van der Waals surface area contributed by atoms with E-state index in [4.69, 9.17) is 9.47 Å². The second-order valence-corrected chi connectivity index (χ2v) is 8.28. The van der Waals surface area contributed by atoms with Crippen LogP contribution in [0.4, 0.5) is 0 Å². The van der Waals surface area contributed by atoms with Crippen LogP contribution in [-0.2, 0) is 10.0 Å². The molecule has 4 rings (SSSR count). The minimum absolute atomic E-state index is 0.0855. The van der Waals surface area contributed by atoms with E-state index < -0.39 is 10.0 Å². The van der Waals surface area contributed by atoms with Gasteiger partial charge in [-0.3, -0.25) is 4.79 Å². The van der Waals surface area contributed by atoms with E-state index in [0.717, 1.165) is 0 Å². The summed E-state index contributed by atoms with van der Waals surface area (Å²) >= 11 is 0. The van der Waals surface area contributed by atoms with Gasteiger partial charge in [0.25, 0.3) is 5.91 Å². The zero-order valence-electron chi connectivity index (χ0n) is 14.6. The maximum absolute atomic E-state index is 12.7. The van der Waals surface area contributed by atoms with Gasteiger partial charge in [-0.1, -0.05) is 18.2 Å². The number of hydrogen-bond acceptors (Lipinski definition) is 5. The predicted molar refractivity (Wildman–Crippen MR) is 98.3 cm³/mol. The number of piperidine rings is 1. The van der Waals surface area contributed by atoms with E-state index in [-0.39, 0.29) is 23.6 Å². The number of sulfonamides is 1. The smallest absolute Gasteiger partial charge is 0.253 e. The summed E-state index contributed by atoms with van der Waals surface area (Å²) in [6.45, 7) is 1.16. The second kappa shape index (κ2) is 7.21. The Kier molecular flexibility index (Phi) is 4.75. The number of amides is 1. The molecular formula is C19H20N2O5S. The minimum atomic E-state index is -3.54. The molecule has 0 aliphatic carbocycles. The molecule has 2 heterocycles. The van der Waals surface area contributed by atoms with Gasteiger partial charge >= 0.3 is 0 Å². The Balaban J connectivity index is 1.37. The Morgan fingerprint density at radius 3 is 2.44 bits per heavy atom. The number of carbonyl (C=O) groups excluding carboxylic acids is 1. The largest absolute Gasteiger partial charge is 0.454 e. The predicted octanol–water partition coefficient (Wildman–Crippen LogP) is 2.00. The van der Waals surface area contributed by atoms with Crippen molar-refractivity contribution in [1.82, 2.24) is 9.62 Å². The van der Waals surface area contributed by atoms with E-state index in [1.165, 1.54) is 0 Å². The monoisotopic (exact) mass is 388 g/mol. The van der Waals surface area contributed by atoms with Gasteiger partial charge in [0.1, 0.15) is 0 Å². The quantitative estimate of drug-likeness (QED) is 0.866. The van der Waals surface area contributed by atoms with E-state index in [0.29, 0.717) is 43.0 Å². The first-order chi connectivity index (χ1) is 13.0. The summed E-state index contributed by atoms with van der Waals surface area (Å²) in [5.74, 6) is 1.13. The van der Waals surface area contributed by atoms with Crippen LogP contribution in [0.25, 0.3) is 0 Å². The summed E-state index contributed by atoms with van der Waals surface area (Å²) in [4.78, 5) is 14.7. The maximum Gasteiger partial charge on any atom is 0.253 e. The number of rotatable bonds is 4. The number of likely N-dealkylation sites (tertiary alicyclic amines) is 1. The normalized spacial score (nSPS) is 17.1. The third-order valence-electron chi connectivity index (χ3n) is 4.78. The molecule has 7 nitrogen and oxygen atoms in total. The lowest BCUT2D eigenvalue weighted by atomic mass is 10.0. The van der Waals surface area contributed by atoms with E-state index in [1.54, 1.807) is 53.4 Å². The molecule has 1 saturated heterocycles. The first-order valence-electron chi connectivity index (χ1n) is 8.79. The highest BCUT2D eigenvalue weighted by atomic mass is 32.2. The SMILES string of the molecule is O=C(c1ccc2c(c1)OCO2)N1CCC(NS(=O)(=O)c2ccccc2)CC1. The van der Waals surface area contributed by atoms with Crippen LogP contribution in [0.15, 0.2) is 53.4 Å². The number of nitrogens with one attached hydrogen (secondary N) is 1. The van der Waals surface area contributed by atoms with Gasteiger partial charge in [0.05, 0.1) is 4.90 Å². The molecule has 1 fully saturated rings. The lowest BCUT2D eigenvalue weighted by molar-refractivity contribution is 0.0711. The number of hydrogen-bond donors (Lipinski definition) is 1. The molecule has 0 saturated carbocycles. The average molecular weight is 388 g/mol. The number of ether oxygens (including phenoxy) is 2. The van der Waals surface area contributed by atoms with Gasteiger partial charge in [-0.15, -0.1) is 0 Å². The fraction of sp³-hybridized carbons (Fsp3) is 0.316. The molecule has 1 N–H and O–H groups in total. The van der Waals surface area contributed by atoms with Crippen LogP contribution in [-0.4, -0.2) is 45.1 Å². The molecule has 1 amide bonds. The average Bonchev–Trinajstić information content (AvgIpc) is 3.16. The summed E-state index contributed by atoms with van der Waals surface area (Å²) in [6.07, 6.45) is 1.14. The van der Waals surface area contributed by atoms with Gasteiger partial charge in [0.2, 0.25) is 16.8 Å². The number of fused-ring (bicyclic) bond motifs is 1. The van der Waals surface area contributed by atoms with Gasteiger partial charge in [0, 0.05) is 24.7 Å². The van der Waals surface area contributed by atoms with Crippen molar-refractivity contribution in [1.29, 1.82) is 0 Å². The molecule has 0 atom stereocenters. The fourth-order valence-electron chi connectivity index (χ4n) is 3.30. The molecule has 0 radical (unpaired) electrons. The maximum atomic E-state index is 12.7. The van der Waals surface area contributed by atoms with E-state index in [2.05, 4.69) is 4.72 Å². The molecule has 8 heteroatoms. The number of nitrogens with zero attached hydrogens (tertiary/aromatic N) is 1. The molecule has 2 aromatic rings. The highest BCUT2D eigenvalue weighted by molar-refractivity contribution is 7.89. The van der Waals surface area contributed by atoms with Crippen molar-refractivity contribution in [2.24, 2.45) is 0 Å². The first-order valence-corrected chi connectivity index (χ1v) is 10.3. The van der Waals surface area contributed by atoms with Crippen molar-refractivity contribution >= 4 is 15.9 Å². The Morgan fingerprint density at radius 1 is 1.00 bits per heavy atom. The van der Waals surface area contributed by atoms with Crippen molar-refractivity contribution in [2.75, 3.05) is 19.9 Å². The highest BCUT2D eigenvalue weighted by Crippen LogP contribution is 2.33. The van der Waals surface area contributed by atoms with Crippen molar-refractivity contribution in [3.63, 3.8) is 0 Å². The molecule has 0 bridgehead atoms. The minimum Gasteiger partial charge on any atom is -0.454 e. The Bertz CT molecular complexity index is 938. The van der Waals surface area contributed by atoms with E-state index in [1.807, 2.05) is 0 Å². The summed E-state index contributed by atoms with van der Waals surface area (Å²) in [6, 6.07) is 13.3. The molecule has 2 aliphatic rings. The van der Waals surface area contributed by atoms with Crippen molar-refractivity contribution in [3.05, 3.63) is 54.1 Å². The van der Waals surface area contributed by atoms with Crippen LogP contribution in [0.3, 0.4) is 0 Å². The van der Waals surface area contributed by atoms with Gasteiger partial charge in [-0.05, 0) is 43.2 Å². The lowest BCUT2D eigenvalue weighted by Gasteiger charge is -2.32. The fourth-order valence-corrected chi connectivity index (χ4v) is 4.63. The van der Waals surface area contributed by atoms with Gasteiger partial charge in [-0.2, -0.15) is 0 Å². The van der Waals surface area contributed by atoms with Crippen LogP contribution < -0.4 is 14.2 Å². The Labute approximate surface area is 157 Å². The third-order valence-corrected chi connectivity index (χ3v) is 6.31. The molecule has 2 aliphatic heterocycles. The first kappa shape index (κ1) is 17.8. The molecule has 142 valence electrons. The van der Waals surface area contributed by atoms with Gasteiger partial charge in [0.15, 0.2) is 11.5 Å². The summed E-state index contributed by atoms with van der Waals surface area (Å²) in [5.41, 5.74) is 0.544. The van der Waals surface area contributed by atoms with Crippen molar-refractivity contribution in [3.8, 4) is 11.5 Å². The Morgan fingerprint density at radius 2 is 1.70 bits per heavy atom. The number of benzene rings is 2. The molecular weight excluding hydrogens is 368 g/mol. The van der Waals surface area contributed by atoms with Gasteiger partial charge in [-0.25, -0.2) is 13.1 Å². The summed E-state index contributed by atoms with van der Waals surface area (Å²) in [5, 5.41) is 0. The van der Waals surface area contributed by atoms with Crippen LogP contribution >= 0.6 is 0 Å². The molecule has 0 aromatic heterocycles. The highest BCUT2D eigenvalue weighted by Gasteiger charge is 2.28. The van der Waals surface area contributed by atoms with Crippen LogP contribution in [0, 0.1) is 0 Å². The summed E-state index contributed by atoms with van der Waals surface area (Å²) < 4.78 is 38.2. The van der Waals surface area contributed by atoms with Crippen molar-refractivity contribution in [2.45, 2.75) is 23.8 Å². The summed E-state index contributed by atoms with van der Waals surface area (Å²) in [7, 11) is -3.54. The van der Waals surface area contributed by atoms with Gasteiger partial charge < -0.3 is 14.4 Å². The number of carbonyl (C=O) groups is 1. The van der Waals surface area contributed by atoms with Crippen molar-refractivity contribution < 1.29 is 22.7 Å². The standard InChI is InChI=1S/C19H20N2O5S/c22-19(14-6-7-17-18(12-14)26-13-25-17)21-10-8-15(9-11-21)20-27(23,24)16-4-2-1-3-5-16/h1-7,12,15,20H,8-11,13H2. The van der Waals surface area contributed by atoms with E-state index in [9.17, 15) is 13.2 Å². The third kappa shape index (κ3) is 3.77. The molecule has 0 unspecified atom stereocenters. The molecule has 27 heavy (non-hydrogen) atoms. The topological polar surface area (TPSA) is 84.9 Å². The Hall–Kier alpha value is -2.58. The van der Waals surface area contributed by atoms with Crippen LogP contribution in [0.5, 0.6) is 11.5 Å². The zero-order chi connectivity index (χ0) is 18.9. The second-order valence-electron chi connectivity index (χ2n) is 6.57. The molecule has 0 spiro atoms. The van der Waals surface area contributed by atoms with Crippen LogP contribution in [0.2, 0.25) is 0 Å². The van der Waals surface area contributed by atoms with Crippen LogP contribution in [0.1, 0.15) is 23.2 Å².